The van der Waals surface area contributed by atoms with Gasteiger partial charge in [-0.2, -0.15) is 0 Å². The van der Waals surface area contributed by atoms with Crippen LogP contribution in [-0.2, 0) is 31.2 Å². The standard InChI is InChI=1S/2Al.3H2O4S.13H2O/c;;3*1-5(2,3)4;;;;;;;;;;;;;/h;;3*(H2,1,2,3,4);13*1H2/q2*+3;;;;;;;;;;;;;;;;/p-6. The third kappa shape index (κ3) is 865000. The Morgan fingerprint density at radius 2 is 0.267 bits per heavy atom. The minimum absolute atomic E-state index is 0. The van der Waals surface area contributed by atoms with Crippen LogP contribution in [0.1, 0.15) is 0 Å². The van der Waals surface area contributed by atoms with E-state index in [1.54, 1.807) is 0 Å². The van der Waals surface area contributed by atoms with Gasteiger partial charge in [0.05, 0.1) is 0 Å². The van der Waals surface area contributed by atoms with Crippen molar-refractivity contribution < 1.29 is 124 Å². The third-order valence-electron chi connectivity index (χ3n) is 0. The van der Waals surface area contributed by atoms with Crippen molar-refractivity contribution in [1.29, 1.82) is 0 Å². The van der Waals surface area contributed by atoms with Crippen molar-refractivity contribution in [2.45, 2.75) is 0 Å². The summed E-state index contributed by atoms with van der Waals surface area (Å²) in [6.07, 6.45) is 0. The van der Waals surface area contributed by atoms with Gasteiger partial charge in [-0.3, -0.25) is 25.3 Å². The largest absolute Gasteiger partial charge is 3.00 e. The van der Waals surface area contributed by atoms with Crippen LogP contribution in [0.25, 0.3) is 0 Å². The van der Waals surface area contributed by atoms with E-state index >= 15 is 0 Å². The van der Waals surface area contributed by atoms with Crippen LogP contribution in [0.15, 0.2) is 0 Å². The fourth-order valence-electron chi connectivity index (χ4n) is 0. The molecule has 0 saturated heterocycles. The molecule has 0 aromatic rings. The maximum atomic E-state index is 8.52. The van der Waals surface area contributed by atoms with Gasteiger partial charge in [0.1, 0.15) is 0 Å². The number of rotatable bonds is 0. The molecular weight excluding hydrogens is 550 g/mol. The fraction of sp³-hybridized carbons (Fsp3) is 0. The summed E-state index contributed by atoms with van der Waals surface area (Å²) in [5.74, 6) is 0. The minimum atomic E-state index is -5.17. The Bertz CT molecular complexity index is 345. The van der Waals surface area contributed by atoms with Crippen molar-refractivity contribution in [1.82, 2.24) is 0 Å². The Morgan fingerprint density at radius 3 is 0.267 bits per heavy atom. The van der Waals surface area contributed by atoms with Gasteiger partial charge in [-0.25, -0.2) is 0 Å². The van der Waals surface area contributed by atoms with Gasteiger partial charge < -0.3 is 98.5 Å². The monoisotopic (exact) mass is 576 g/mol. The maximum Gasteiger partial charge on any atom is 3.00 e. The van der Waals surface area contributed by atoms with Crippen LogP contribution < -0.4 is 0 Å². The number of hydrogen-bond acceptors (Lipinski definition) is 12. The average molecular weight is 576 g/mol. The molecule has 0 aromatic heterocycles. The quantitative estimate of drug-likeness (QED) is 0.147. The van der Waals surface area contributed by atoms with Crippen molar-refractivity contribution >= 4 is 65.9 Å². The molecule has 0 aliphatic heterocycles. The van der Waals surface area contributed by atoms with E-state index in [1.807, 2.05) is 0 Å². The molecule has 0 amide bonds. The third-order valence-corrected chi connectivity index (χ3v) is 0. The molecule has 200 valence electrons. The average Bonchev–Trinajstić information content (AvgIpc) is 1.41. The topological polar surface area (TPSA) is 650 Å². The Kier molecular flexibility index (Phi) is 405. The summed E-state index contributed by atoms with van der Waals surface area (Å²) >= 11 is 0. The van der Waals surface area contributed by atoms with Crippen molar-refractivity contribution in [3.05, 3.63) is 0 Å². The van der Waals surface area contributed by atoms with E-state index in [4.69, 9.17) is 52.6 Å². The molecular formula is H26Al2O25S3. The van der Waals surface area contributed by atoms with Crippen LogP contribution in [0.2, 0.25) is 0 Å². The Hall–Kier alpha value is 0.155. The summed E-state index contributed by atoms with van der Waals surface area (Å²) in [6.45, 7) is 0. The smallest absolute Gasteiger partial charge is 0.759 e. The SMILES string of the molecule is O.O.O.O.O.O.O.O.O.O.O.O.O.O=S(=O)([O-])[O-].O=S(=O)([O-])[O-].O=S(=O)([O-])[O-].[Al+3].[Al+3]. The zero-order valence-corrected chi connectivity index (χ0v) is 18.5. The second kappa shape index (κ2) is 70.1. The number of hydrogen-bond donors (Lipinski definition) is 0. The molecule has 0 spiro atoms. The first-order chi connectivity index (χ1) is 6.00. The fourth-order valence-corrected chi connectivity index (χ4v) is 0. The summed E-state index contributed by atoms with van der Waals surface area (Å²) in [7, 11) is -15.5. The Balaban J connectivity index is -0.00000000360. The first kappa shape index (κ1) is 173. The second-order valence-corrected chi connectivity index (χ2v) is 3.67. The van der Waals surface area contributed by atoms with Crippen molar-refractivity contribution in [3.63, 3.8) is 0 Å². The van der Waals surface area contributed by atoms with Gasteiger partial charge in [0.15, 0.2) is 0 Å². The molecule has 0 unspecified atom stereocenters. The molecule has 26 N–H and O–H groups in total. The van der Waals surface area contributed by atoms with Gasteiger partial charge >= 0.3 is 34.7 Å². The Morgan fingerprint density at radius 1 is 0.267 bits per heavy atom. The van der Waals surface area contributed by atoms with Crippen LogP contribution in [0.4, 0.5) is 0 Å². The second-order valence-electron chi connectivity index (χ2n) is 1.22. The zero-order valence-electron chi connectivity index (χ0n) is 13.8. The first-order valence-corrected chi connectivity index (χ1v) is 6.00. The first-order valence-electron chi connectivity index (χ1n) is 2.00. The van der Waals surface area contributed by atoms with Gasteiger partial charge in [0.25, 0.3) is 0 Å². The van der Waals surface area contributed by atoms with Crippen molar-refractivity contribution in [3.8, 4) is 0 Å². The van der Waals surface area contributed by atoms with E-state index in [0.717, 1.165) is 0 Å². The summed E-state index contributed by atoms with van der Waals surface area (Å²) in [4.78, 5) is 0. The molecule has 0 atom stereocenters. The van der Waals surface area contributed by atoms with Gasteiger partial charge in [-0.15, -0.1) is 0 Å². The molecule has 30 heteroatoms. The molecule has 30 heavy (non-hydrogen) atoms. The van der Waals surface area contributed by atoms with E-state index in [-0.39, 0.29) is 106 Å². The summed E-state index contributed by atoms with van der Waals surface area (Å²) in [5.41, 5.74) is 0. The zero-order chi connectivity index (χ0) is 13.5. The molecule has 0 rings (SSSR count). The molecule has 0 aliphatic carbocycles. The van der Waals surface area contributed by atoms with Crippen molar-refractivity contribution in [2.24, 2.45) is 0 Å². The van der Waals surface area contributed by atoms with Crippen LogP contribution in [0.3, 0.4) is 0 Å². The molecule has 0 aliphatic rings. The molecule has 25 nitrogen and oxygen atoms in total. The summed E-state index contributed by atoms with van der Waals surface area (Å²) in [6, 6.07) is 0. The van der Waals surface area contributed by atoms with E-state index in [0.29, 0.717) is 0 Å². The molecule has 0 heterocycles. The molecule has 0 fully saturated rings. The van der Waals surface area contributed by atoms with E-state index in [9.17, 15) is 0 Å². The van der Waals surface area contributed by atoms with Gasteiger partial charge in [0.2, 0.25) is 0 Å². The molecule has 0 radical (unpaired) electrons. The van der Waals surface area contributed by atoms with Gasteiger partial charge in [0, 0.05) is 31.2 Å². The van der Waals surface area contributed by atoms with Crippen molar-refractivity contribution in [2.75, 3.05) is 0 Å². The molecule has 0 bridgehead atoms. The normalized spacial score (nSPS) is 5.80. The molecule has 0 aromatic carbocycles. The molecule has 0 saturated carbocycles. The summed E-state index contributed by atoms with van der Waals surface area (Å²) in [5, 5.41) is 0. The minimum Gasteiger partial charge on any atom is -0.759 e. The Labute approximate surface area is 189 Å². The van der Waals surface area contributed by atoms with E-state index in [1.165, 1.54) is 0 Å². The van der Waals surface area contributed by atoms with Crippen LogP contribution in [0, 0.1) is 0 Å². The van der Waals surface area contributed by atoms with Crippen LogP contribution >= 0.6 is 0 Å². The van der Waals surface area contributed by atoms with Crippen LogP contribution in [-0.4, -0.2) is 158 Å². The van der Waals surface area contributed by atoms with E-state index < -0.39 is 31.2 Å². The van der Waals surface area contributed by atoms with Gasteiger partial charge in [-0.05, 0) is 0 Å². The predicted molar refractivity (Wildman–Crippen MR) is 89.9 cm³/mol. The maximum absolute atomic E-state index is 8.52. The van der Waals surface area contributed by atoms with E-state index in [2.05, 4.69) is 0 Å². The van der Waals surface area contributed by atoms with Crippen LogP contribution in [0.5, 0.6) is 0 Å². The summed E-state index contributed by atoms with van der Waals surface area (Å²) < 4.78 is 102. The predicted octanol–water partition coefficient (Wildman–Crippen LogP) is -15.5. The van der Waals surface area contributed by atoms with Gasteiger partial charge in [-0.1, -0.05) is 0 Å².